The summed E-state index contributed by atoms with van der Waals surface area (Å²) in [7, 11) is -2.79. The fourth-order valence-corrected chi connectivity index (χ4v) is 9.52. The molecule has 3 aliphatic heterocycles. The van der Waals surface area contributed by atoms with Crippen molar-refractivity contribution in [2.45, 2.75) is 97.3 Å². The number of rotatable bonds is 11. The molecule has 0 saturated carbocycles. The van der Waals surface area contributed by atoms with Crippen molar-refractivity contribution in [2.75, 3.05) is 13.1 Å². The smallest absolute Gasteiger partial charge is 0.387 e. The molecule has 4 heterocycles. The Kier molecular flexibility index (Phi) is 8.67. The molecule has 7 heteroatoms. The minimum atomic E-state index is -2.79. The highest BCUT2D eigenvalue weighted by Gasteiger charge is 2.48. The Labute approximate surface area is 212 Å². The number of aromatic nitrogens is 1. The van der Waals surface area contributed by atoms with E-state index in [1.807, 2.05) is 30.5 Å². The first kappa shape index (κ1) is 26.7. The highest BCUT2D eigenvalue weighted by molar-refractivity contribution is 6.60. The van der Waals surface area contributed by atoms with Gasteiger partial charge in [0.15, 0.2) is 0 Å². The van der Waals surface area contributed by atoms with Crippen molar-refractivity contribution in [3.63, 3.8) is 0 Å². The van der Waals surface area contributed by atoms with E-state index in [1.54, 1.807) is 0 Å². The average Bonchev–Trinajstić information content (AvgIpc) is 2.81. The molecule has 2 bridgehead atoms. The Morgan fingerprint density at radius 2 is 1.66 bits per heavy atom. The third kappa shape index (κ3) is 6.32. The van der Waals surface area contributed by atoms with Crippen LogP contribution in [0.2, 0.25) is 6.04 Å². The third-order valence-corrected chi connectivity index (χ3v) is 10.8. The number of hydrogen-bond donors (Lipinski definition) is 1. The van der Waals surface area contributed by atoms with Gasteiger partial charge in [0.1, 0.15) is 0 Å². The second kappa shape index (κ2) is 11.4. The highest BCUT2D eigenvalue weighted by Crippen LogP contribution is 2.44. The van der Waals surface area contributed by atoms with E-state index in [2.05, 4.69) is 57.5 Å². The molecule has 1 aromatic heterocycles. The van der Waals surface area contributed by atoms with E-state index in [-0.39, 0.29) is 24.4 Å². The van der Waals surface area contributed by atoms with Crippen LogP contribution in [-0.2, 0) is 13.3 Å². The van der Waals surface area contributed by atoms with Crippen LogP contribution in [0, 0.1) is 11.8 Å². The maximum atomic E-state index is 11.5. The summed E-state index contributed by atoms with van der Waals surface area (Å²) in [5.41, 5.74) is 1.94. The number of aliphatic hydroxyl groups excluding tert-OH is 1. The summed E-state index contributed by atoms with van der Waals surface area (Å²) < 4.78 is 19.3. The standard InChI is InChI=1S/C28H44N2O4Si/c1-19(2)32-35(33-20(3)4,34-21(5)6)16-13-23-18-30-15-12-22(23)17-27(30)28(31)25-11-14-29-26-10-8-7-9-24(25)26/h7-11,14,19-23,27-28,31H,12-13,15-18H2,1-6H3/t22-,23-,27-,28+/m0/s1. The van der Waals surface area contributed by atoms with Gasteiger partial charge in [-0.3, -0.25) is 9.88 Å². The monoisotopic (exact) mass is 500 g/mol. The molecule has 3 aliphatic rings. The van der Waals surface area contributed by atoms with Crippen LogP contribution in [0.15, 0.2) is 36.5 Å². The maximum absolute atomic E-state index is 11.5. The summed E-state index contributed by atoms with van der Waals surface area (Å²) in [6.07, 6.45) is 4.79. The lowest BCUT2D eigenvalue weighted by Gasteiger charge is -2.51. The number of para-hydroxylation sites is 1. The van der Waals surface area contributed by atoms with E-state index in [0.717, 1.165) is 48.4 Å². The number of hydrogen-bond acceptors (Lipinski definition) is 6. The number of piperidine rings is 3. The van der Waals surface area contributed by atoms with Crippen molar-refractivity contribution < 1.29 is 18.4 Å². The largest absolute Gasteiger partial charge is 0.501 e. The molecular weight excluding hydrogens is 456 g/mol. The van der Waals surface area contributed by atoms with Crippen LogP contribution in [0.1, 0.15) is 72.5 Å². The Bertz CT molecular complexity index is 937. The number of fused-ring (bicyclic) bond motifs is 4. The Balaban J connectivity index is 1.46. The fraction of sp³-hybridized carbons (Fsp3) is 0.679. The predicted molar refractivity (Wildman–Crippen MR) is 142 cm³/mol. The summed E-state index contributed by atoms with van der Waals surface area (Å²) in [4.78, 5) is 7.00. The molecular formula is C28H44N2O4Si. The lowest BCUT2D eigenvalue weighted by atomic mass is 9.72. The first-order valence-electron chi connectivity index (χ1n) is 13.5. The number of pyridine rings is 1. The van der Waals surface area contributed by atoms with Gasteiger partial charge < -0.3 is 18.4 Å². The molecule has 6 nitrogen and oxygen atoms in total. The van der Waals surface area contributed by atoms with Crippen molar-refractivity contribution in [1.29, 1.82) is 0 Å². The van der Waals surface area contributed by atoms with Gasteiger partial charge in [-0.1, -0.05) is 18.2 Å². The zero-order valence-corrected chi connectivity index (χ0v) is 23.3. The molecule has 5 atom stereocenters. The van der Waals surface area contributed by atoms with E-state index < -0.39 is 14.9 Å². The molecule has 3 fully saturated rings. The normalized spacial score (nSPS) is 25.8. The van der Waals surface area contributed by atoms with Crippen LogP contribution in [0.3, 0.4) is 0 Å². The molecule has 2 aromatic rings. The molecule has 0 amide bonds. The van der Waals surface area contributed by atoms with Crippen LogP contribution >= 0.6 is 0 Å². The van der Waals surface area contributed by atoms with E-state index in [1.165, 1.54) is 6.42 Å². The van der Waals surface area contributed by atoms with Crippen molar-refractivity contribution in [1.82, 2.24) is 9.88 Å². The highest BCUT2D eigenvalue weighted by atomic mass is 28.4. The van der Waals surface area contributed by atoms with Crippen LogP contribution in [0.4, 0.5) is 0 Å². The molecule has 1 aromatic carbocycles. The summed E-state index contributed by atoms with van der Waals surface area (Å²) >= 11 is 0. The molecule has 35 heavy (non-hydrogen) atoms. The lowest BCUT2D eigenvalue weighted by Crippen LogP contribution is -2.56. The van der Waals surface area contributed by atoms with Gasteiger partial charge in [0.25, 0.3) is 0 Å². The molecule has 1 unspecified atom stereocenters. The predicted octanol–water partition coefficient (Wildman–Crippen LogP) is 5.58. The van der Waals surface area contributed by atoms with E-state index in [4.69, 9.17) is 13.3 Å². The van der Waals surface area contributed by atoms with E-state index >= 15 is 0 Å². The van der Waals surface area contributed by atoms with Gasteiger partial charge in [-0.15, -0.1) is 0 Å². The first-order chi connectivity index (χ1) is 16.7. The lowest BCUT2D eigenvalue weighted by molar-refractivity contribution is -0.0586. The zero-order chi connectivity index (χ0) is 25.2. The number of nitrogens with zero attached hydrogens (tertiary/aromatic N) is 2. The number of benzene rings is 1. The molecule has 5 rings (SSSR count). The van der Waals surface area contributed by atoms with E-state index in [0.29, 0.717) is 11.8 Å². The first-order valence-corrected chi connectivity index (χ1v) is 15.4. The summed E-state index contributed by atoms with van der Waals surface area (Å²) in [6.45, 7) is 14.5. The topological polar surface area (TPSA) is 64.1 Å². The summed E-state index contributed by atoms with van der Waals surface area (Å²) in [6, 6.07) is 11.1. The van der Waals surface area contributed by atoms with Gasteiger partial charge >= 0.3 is 8.80 Å². The van der Waals surface area contributed by atoms with Crippen molar-refractivity contribution >= 4 is 19.7 Å². The maximum Gasteiger partial charge on any atom is 0.501 e. The van der Waals surface area contributed by atoms with Crippen molar-refractivity contribution in [3.8, 4) is 0 Å². The quantitative estimate of drug-likeness (QED) is 0.406. The zero-order valence-electron chi connectivity index (χ0n) is 22.3. The molecule has 0 spiro atoms. The average molecular weight is 501 g/mol. The van der Waals surface area contributed by atoms with Gasteiger partial charge in [0, 0.05) is 48.5 Å². The van der Waals surface area contributed by atoms with Crippen LogP contribution in [0.5, 0.6) is 0 Å². The Hall–Kier alpha value is -1.35. The summed E-state index contributed by atoms with van der Waals surface area (Å²) in [5.74, 6) is 1.19. The van der Waals surface area contributed by atoms with Crippen LogP contribution in [-0.4, -0.2) is 61.2 Å². The Morgan fingerprint density at radius 3 is 2.26 bits per heavy atom. The van der Waals surface area contributed by atoms with Gasteiger partial charge in [0.2, 0.25) is 0 Å². The van der Waals surface area contributed by atoms with Gasteiger partial charge in [-0.25, -0.2) is 0 Å². The van der Waals surface area contributed by atoms with Gasteiger partial charge in [-0.2, -0.15) is 0 Å². The third-order valence-electron chi connectivity index (χ3n) is 7.37. The van der Waals surface area contributed by atoms with Gasteiger partial charge in [0.05, 0.1) is 11.6 Å². The minimum absolute atomic E-state index is 0.0698. The summed E-state index contributed by atoms with van der Waals surface area (Å²) in [5, 5.41) is 12.5. The second-order valence-electron chi connectivity index (χ2n) is 11.2. The molecule has 0 radical (unpaired) electrons. The molecule has 0 aliphatic carbocycles. The second-order valence-corrected chi connectivity index (χ2v) is 13.8. The minimum Gasteiger partial charge on any atom is -0.387 e. The molecule has 3 saturated heterocycles. The Morgan fingerprint density at radius 1 is 1.00 bits per heavy atom. The van der Waals surface area contributed by atoms with Crippen molar-refractivity contribution in [3.05, 3.63) is 42.1 Å². The van der Waals surface area contributed by atoms with Crippen LogP contribution < -0.4 is 0 Å². The molecule has 1 N–H and O–H groups in total. The SMILES string of the molecule is CC(C)O[Si](CC[C@H]1CN2CC[C@H]1C[C@H]2[C@H](O)c1ccnc2ccccc12)(OC(C)C)OC(C)C. The van der Waals surface area contributed by atoms with Gasteiger partial charge in [-0.05, 0) is 96.9 Å². The van der Waals surface area contributed by atoms with Crippen molar-refractivity contribution in [2.24, 2.45) is 11.8 Å². The van der Waals surface area contributed by atoms with E-state index in [9.17, 15) is 5.11 Å². The van der Waals surface area contributed by atoms with Crippen LogP contribution in [0.25, 0.3) is 10.9 Å². The number of aliphatic hydroxyl groups is 1. The molecule has 194 valence electrons. The fourth-order valence-electron chi connectivity index (χ4n) is 6.12.